The molecule has 90 valence electrons. The molecule has 0 fully saturated rings. The van der Waals surface area contributed by atoms with Crippen molar-refractivity contribution in [1.29, 1.82) is 5.26 Å². The van der Waals surface area contributed by atoms with Gasteiger partial charge < -0.3 is 9.88 Å². The van der Waals surface area contributed by atoms with E-state index in [2.05, 4.69) is 5.32 Å². The van der Waals surface area contributed by atoms with Crippen LogP contribution in [0.2, 0.25) is 0 Å². The Morgan fingerprint density at radius 2 is 2.22 bits per heavy atom. The number of rotatable bonds is 3. The lowest BCUT2D eigenvalue weighted by Gasteiger charge is -2.06. The Kier molecular flexibility index (Phi) is 3.44. The first kappa shape index (κ1) is 11.9. The van der Waals surface area contributed by atoms with E-state index in [0.29, 0.717) is 17.7 Å². The Balaban J connectivity index is 2.04. The third-order valence-corrected chi connectivity index (χ3v) is 2.74. The maximum atomic E-state index is 11.9. The summed E-state index contributed by atoms with van der Waals surface area (Å²) in [7, 11) is 1.93. The lowest BCUT2D eigenvalue weighted by molar-refractivity contribution is 0.0950. The van der Waals surface area contributed by atoms with Crippen LogP contribution in [0.3, 0.4) is 0 Å². The highest BCUT2D eigenvalue weighted by molar-refractivity contribution is 5.94. The summed E-state index contributed by atoms with van der Waals surface area (Å²) in [5, 5.41) is 11.6. The first-order valence-electron chi connectivity index (χ1n) is 5.59. The zero-order chi connectivity index (χ0) is 13.0. The Morgan fingerprint density at radius 1 is 1.39 bits per heavy atom. The van der Waals surface area contributed by atoms with Gasteiger partial charge in [0.05, 0.1) is 18.2 Å². The van der Waals surface area contributed by atoms with Gasteiger partial charge in [-0.3, -0.25) is 4.79 Å². The molecule has 1 amide bonds. The van der Waals surface area contributed by atoms with Crippen molar-refractivity contribution in [3.05, 3.63) is 59.4 Å². The van der Waals surface area contributed by atoms with Crippen molar-refractivity contribution in [2.45, 2.75) is 6.54 Å². The first-order valence-corrected chi connectivity index (χ1v) is 5.59. The van der Waals surface area contributed by atoms with Crippen molar-refractivity contribution in [1.82, 2.24) is 9.88 Å². The minimum Gasteiger partial charge on any atom is -0.353 e. The second kappa shape index (κ2) is 5.19. The molecule has 0 aliphatic rings. The van der Waals surface area contributed by atoms with Crippen molar-refractivity contribution in [2.75, 3.05) is 0 Å². The second-order valence-electron chi connectivity index (χ2n) is 3.99. The normalized spacial score (nSPS) is 9.78. The maximum absolute atomic E-state index is 11.9. The second-order valence-corrected chi connectivity index (χ2v) is 3.99. The predicted molar refractivity (Wildman–Crippen MR) is 67.7 cm³/mol. The maximum Gasteiger partial charge on any atom is 0.251 e. The fourth-order valence-corrected chi connectivity index (χ4v) is 1.68. The summed E-state index contributed by atoms with van der Waals surface area (Å²) in [5.74, 6) is -0.173. The number of nitrogens with zero attached hydrogens (tertiary/aromatic N) is 2. The van der Waals surface area contributed by atoms with Gasteiger partial charge in [-0.2, -0.15) is 5.26 Å². The van der Waals surface area contributed by atoms with Gasteiger partial charge in [-0.15, -0.1) is 0 Å². The molecule has 1 aromatic heterocycles. The fourth-order valence-electron chi connectivity index (χ4n) is 1.68. The standard InChI is InChI=1S/C14H13N3O/c1-17-7-3-6-13(17)10-16-14(18)12-5-2-4-11(8-12)9-15/h2-8H,10H2,1H3,(H,16,18). The van der Waals surface area contributed by atoms with Crippen LogP contribution in [-0.4, -0.2) is 10.5 Å². The van der Waals surface area contributed by atoms with E-state index in [1.54, 1.807) is 24.3 Å². The molecule has 0 saturated heterocycles. The van der Waals surface area contributed by atoms with Crippen LogP contribution in [0, 0.1) is 11.3 Å². The quantitative estimate of drug-likeness (QED) is 0.888. The highest BCUT2D eigenvalue weighted by atomic mass is 16.1. The summed E-state index contributed by atoms with van der Waals surface area (Å²) < 4.78 is 1.95. The van der Waals surface area contributed by atoms with Crippen LogP contribution in [-0.2, 0) is 13.6 Å². The van der Waals surface area contributed by atoms with Crippen molar-refractivity contribution in [2.24, 2.45) is 7.05 Å². The van der Waals surface area contributed by atoms with Gasteiger partial charge in [-0.05, 0) is 30.3 Å². The van der Waals surface area contributed by atoms with Gasteiger partial charge in [0.25, 0.3) is 5.91 Å². The van der Waals surface area contributed by atoms with Crippen LogP contribution < -0.4 is 5.32 Å². The molecule has 2 aromatic rings. The summed E-state index contributed by atoms with van der Waals surface area (Å²) in [6.07, 6.45) is 1.93. The Hall–Kier alpha value is -2.54. The number of carbonyl (C=O) groups is 1. The number of hydrogen-bond acceptors (Lipinski definition) is 2. The molecule has 0 aliphatic carbocycles. The van der Waals surface area contributed by atoms with E-state index >= 15 is 0 Å². The first-order chi connectivity index (χ1) is 8.70. The van der Waals surface area contributed by atoms with Gasteiger partial charge in [0.15, 0.2) is 0 Å². The van der Waals surface area contributed by atoms with Gasteiger partial charge >= 0.3 is 0 Å². The number of benzene rings is 1. The molecule has 0 bridgehead atoms. The molecular weight excluding hydrogens is 226 g/mol. The molecule has 4 nitrogen and oxygen atoms in total. The van der Waals surface area contributed by atoms with E-state index in [1.165, 1.54) is 0 Å². The zero-order valence-corrected chi connectivity index (χ0v) is 10.1. The molecule has 18 heavy (non-hydrogen) atoms. The third kappa shape index (κ3) is 2.58. The molecular formula is C14H13N3O. The Morgan fingerprint density at radius 3 is 2.89 bits per heavy atom. The molecule has 0 spiro atoms. The number of nitrogens with one attached hydrogen (secondary N) is 1. The van der Waals surface area contributed by atoms with Crippen LogP contribution in [0.5, 0.6) is 0 Å². The van der Waals surface area contributed by atoms with Crippen LogP contribution >= 0.6 is 0 Å². The lowest BCUT2D eigenvalue weighted by atomic mass is 10.1. The molecule has 0 radical (unpaired) electrons. The van der Waals surface area contributed by atoms with E-state index < -0.39 is 0 Å². The van der Waals surface area contributed by atoms with Crippen LogP contribution in [0.15, 0.2) is 42.6 Å². The van der Waals surface area contributed by atoms with Gasteiger partial charge in [0.2, 0.25) is 0 Å². The lowest BCUT2D eigenvalue weighted by Crippen LogP contribution is -2.23. The monoisotopic (exact) mass is 239 g/mol. The minimum absolute atomic E-state index is 0.173. The molecule has 4 heteroatoms. The highest BCUT2D eigenvalue weighted by Crippen LogP contribution is 2.05. The average molecular weight is 239 g/mol. The van der Waals surface area contributed by atoms with Crippen LogP contribution in [0.1, 0.15) is 21.6 Å². The number of nitriles is 1. The molecule has 2 rings (SSSR count). The van der Waals surface area contributed by atoms with E-state index in [1.807, 2.05) is 36.0 Å². The van der Waals surface area contributed by atoms with Crippen molar-refractivity contribution >= 4 is 5.91 Å². The minimum atomic E-state index is -0.173. The average Bonchev–Trinajstić information content (AvgIpc) is 2.81. The summed E-state index contributed by atoms with van der Waals surface area (Å²) in [6, 6.07) is 12.6. The van der Waals surface area contributed by atoms with E-state index in [0.717, 1.165) is 5.69 Å². The third-order valence-electron chi connectivity index (χ3n) is 2.74. The number of aromatic nitrogens is 1. The highest BCUT2D eigenvalue weighted by Gasteiger charge is 2.06. The number of carbonyl (C=O) groups excluding carboxylic acids is 1. The fraction of sp³-hybridized carbons (Fsp3) is 0.143. The Bertz CT molecular complexity index is 607. The van der Waals surface area contributed by atoms with Gasteiger partial charge in [-0.25, -0.2) is 0 Å². The zero-order valence-electron chi connectivity index (χ0n) is 10.1. The van der Waals surface area contributed by atoms with Crippen LogP contribution in [0.25, 0.3) is 0 Å². The smallest absolute Gasteiger partial charge is 0.251 e. The molecule has 0 unspecified atom stereocenters. The molecule has 0 saturated carbocycles. The van der Waals surface area contributed by atoms with E-state index in [4.69, 9.17) is 5.26 Å². The number of aryl methyl sites for hydroxylation is 1. The number of hydrogen-bond donors (Lipinski definition) is 1. The van der Waals surface area contributed by atoms with Crippen molar-refractivity contribution < 1.29 is 4.79 Å². The predicted octanol–water partition coefficient (Wildman–Crippen LogP) is 1.83. The molecule has 1 heterocycles. The van der Waals surface area contributed by atoms with Gasteiger partial charge in [-0.1, -0.05) is 6.07 Å². The van der Waals surface area contributed by atoms with E-state index in [-0.39, 0.29) is 5.91 Å². The molecule has 0 aliphatic heterocycles. The number of amides is 1. The SMILES string of the molecule is Cn1cccc1CNC(=O)c1cccc(C#N)c1. The molecule has 0 atom stereocenters. The van der Waals surface area contributed by atoms with Gasteiger partial charge in [0, 0.05) is 24.5 Å². The molecule has 1 aromatic carbocycles. The van der Waals surface area contributed by atoms with Crippen molar-refractivity contribution in [3.8, 4) is 6.07 Å². The van der Waals surface area contributed by atoms with Gasteiger partial charge in [0.1, 0.15) is 0 Å². The molecule has 1 N–H and O–H groups in total. The van der Waals surface area contributed by atoms with Crippen LogP contribution in [0.4, 0.5) is 0 Å². The summed E-state index contributed by atoms with van der Waals surface area (Å²) >= 11 is 0. The summed E-state index contributed by atoms with van der Waals surface area (Å²) in [4.78, 5) is 11.9. The summed E-state index contributed by atoms with van der Waals surface area (Å²) in [6.45, 7) is 0.471. The topological polar surface area (TPSA) is 57.8 Å². The van der Waals surface area contributed by atoms with Crippen molar-refractivity contribution in [3.63, 3.8) is 0 Å². The largest absolute Gasteiger partial charge is 0.353 e. The van der Waals surface area contributed by atoms with E-state index in [9.17, 15) is 4.79 Å². The summed E-state index contributed by atoms with van der Waals surface area (Å²) in [5.41, 5.74) is 2.02. The Labute approximate surface area is 105 Å².